The van der Waals surface area contributed by atoms with Crippen molar-refractivity contribution >= 4 is 17.6 Å². The van der Waals surface area contributed by atoms with E-state index in [2.05, 4.69) is 0 Å². The number of hydrogen-bond donors (Lipinski definition) is 2. The molecule has 1 rings (SSSR count). The van der Waals surface area contributed by atoms with Gasteiger partial charge in [-0.25, -0.2) is 4.79 Å². The number of carbonyl (C=O) groups is 1. The maximum atomic E-state index is 10.8. The van der Waals surface area contributed by atoms with E-state index in [9.17, 15) is 20.0 Å². The van der Waals surface area contributed by atoms with Gasteiger partial charge in [-0.1, -0.05) is 6.07 Å². The molecule has 0 atom stereocenters. The van der Waals surface area contributed by atoms with Gasteiger partial charge in [-0.3, -0.25) is 10.1 Å². The second-order valence-electron chi connectivity index (χ2n) is 2.59. The van der Waals surface area contributed by atoms with Crippen LogP contribution in [0.25, 0.3) is 0 Å². The summed E-state index contributed by atoms with van der Waals surface area (Å²) in [5.74, 6) is -2.87. The summed E-state index contributed by atoms with van der Waals surface area (Å²) in [6.07, 6.45) is 0. The van der Waals surface area contributed by atoms with E-state index in [-0.39, 0.29) is 51.4 Å². The van der Waals surface area contributed by atoms with Crippen LogP contribution in [-0.4, -0.2) is 21.9 Å². The summed E-state index contributed by atoms with van der Waals surface area (Å²) in [5.41, 5.74) is -1.91. The van der Waals surface area contributed by atoms with Crippen molar-refractivity contribution in [3.05, 3.63) is 39.4 Å². The summed E-state index contributed by atoms with van der Waals surface area (Å²) >= 11 is 0. The summed E-state index contributed by atoms with van der Waals surface area (Å²) in [6, 6.07) is 3.17. The van der Waals surface area contributed by atoms with Crippen molar-refractivity contribution in [2.24, 2.45) is 0 Å². The molecular formula is C8H5KN2O5. The van der Waals surface area contributed by atoms with Crippen LogP contribution in [0.5, 0.6) is 0 Å². The molecule has 0 unspecified atom stereocenters. The first-order chi connectivity index (χ1) is 6.95. The Balaban J connectivity index is 0.00000225. The van der Waals surface area contributed by atoms with Gasteiger partial charge in [0.2, 0.25) is 0 Å². The first-order valence-corrected chi connectivity index (χ1v) is 3.71. The number of rotatable bonds is 3. The van der Waals surface area contributed by atoms with Crippen molar-refractivity contribution in [3.8, 4) is 0 Å². The number of aromatic carboxylic acids is 1. The molecule has 78 valence electrons. The summed E-state index contributed by atoms with van der Waals surface area (Å²) in [7, 11) is 0. The van der Waals surface area contributed by atoms with Crippen LogP contribution in [0, 0.1) is 15.5 Å². The molecule has 0 aliphatic rings. The standard InChI is InChI=1S/C8H6N2O5.K/c9-7(11)6-4(8(12)13)2-1-3-5(6)10(14)15;/h1-3H,(H2,9,11)(H,12,13);/q;+1/p-1. The molecule has 0 fully saturated rings. The van der Waals surface area contributed by atoms with Gasteiger partial charge < -0.3 is 15.6 Å². The van der Waals surface area contributed by atoms with E-state index in [4.69, 9.17) is 10.5 Å². The predicted molar refractivity (Wildman–Crippen MR) is 46.9 cm³/mol. The molecular weight excluding hydrogens is 243 g/mol. The number of carboxylic acid groups (broad SMARTS) is 1. The molecule has 0 aromatic heterocycles. The molecule has 1 aromatic carbocycles. The Morgan fingerprint density at radius 3 is 2.38 bits per heavy atom. The van der Waals surface area contributed by atoms with Crippen molar-refractivity contribution in [1.82, 2.24) is 0 Å². The van der Waals surface area contributed by atoms with Gasteiger partial charge in [0, 0.05) is 6.07 Å². The number of nitro groups is 1. The fourth-order valence-electron chi connectivity index (χ4n) is 1.11. The molecule has 0 bridgehead atoms. The fraction of sp³-hybridized carbons (Fsp3) is 0. The Morgan fingerprint density at radius 1 is 1.44 bits per heavy atom. The minimum absolute atomic E-state index is 0. The number of carboxylic acids is 1. The van der Waals surface area contributed by atoms with E-state index in [0.717, 1.165) is 18.2 Å². The second kappa shape index (κ2) is 6.06. The summed E-state index contributed by atoms with van der Waals surface area (Å²) in [6.45, 7) is 0. The molecule has 8 heteroatoms. The van der Waals surface area contributed by atoms with Crippen LogP contribution in [0.2, 0.25) is 0 Å². The van der Waals surface area contributed by atoms with Gasteiger partial charge in [-0.15, -0.1) is 0 Å². The molecule has 0 saturated heterocycles. The zero-order chi connectivity index (χ0) is 11.6. The van der Waals surface area contributed by atoms with Gasteiger partial charge in [0.15, 0.2) is 0 Å². The van der Waals surface area contributed by atoms with Gasteiger partial charge in [0.25, 0.3) is 5.69 Å². The Kier molecular flexibility index (Phi) is 5.76. The quantitative estimate of drug-likeness (QED) is 0.193. The Hall–Kier alpha value is -0.804. The number of nitrogens with one attached hydrogen (secondary N) is 1. The SMILES string of the molecule is N=C([O-])c1c(C(=O)O)cccc1[N+](=O)[O-].[K+]. The molecule has 16 heavy (non-hydrogen) atoms. The summed E-state index contributed by atoms with van der Waals surface area (Å²) in [4.78, 5) is 20.2. The molecule has 1 aromatic rings. The molecule has 0 amide bonds. The molecule has 0 heterocycles. The first kappa shape index (κ1) is 15.2. The molecule has 0 spiro atoms. The van der Waals surface area contributed by atoms with Crippen molar-refractivity contribution in [2.45, 2.75) is 0 Å². The van der Waals surface area contributed by atoms with E-state index in [1.807, 2.05) is 0 Å². The molecule has 0 aliphatic heterocycles. The van der Waals surface area contributed by atoms with E-state index in [1.54, 1.807) is 0 Å². The van der Waals surface area contributed by atoms with Crippen LogP contribution in [-0.2, 0) is 0 Å². The van der Waals surface area contributed by atoms with Gasteiger partial charge in [-0.05, 0) is 12.0 Å². The monoisotopic (exact) mass is 248 g/mol. The minimum atomic E-state index is -1.48. The minimum Gasteiger partial charge on any atom is -0.858 e. The van der Waals surface area contributed by atoms with Crippen LogP contribution >= 0.6 is 0 Å². The molecule has 0 radical (unpaired) electrons. The molecule has 0 aliphatic carbocycles. The number of benzene rings is 1. The smallest absolute Gasteiger partial charge is 0.858 e. The van der Waals surface area contributed by atoms with Crippen molar-refractivity contribution in [2.75, 3.05) is 0 Å². The second-order valence-corrected chi connectivity index (χ2v) is 2.59. The van der Waals surface area contributed by atoms with Crippen molar-refractivity contribution in [1.29, 1.82) is 5.41 Å². The van der Waals surface area contributed by atoms with Crippen LogP contribution in [0.4, 0.5) is 5.69 Å². The molecule has 7 nitrogen and oxygen atoms in total. The largest absolute Gasteiger partial charge is 1.00 e. The third-order valence-corrected chi connectivity index (χ3v) is 1.70. The van der Waals surface area contributed by atoms with Crippen molar-refractivity contribution in [3.63, 3.8) is 0 Å². The van der Waals surface area contributed by atoms with Gasteiger partial charge in [0.05, 0.1) is 16.1 Å². The van der Waals surface area contributed by atoms with E-state index >= 15 is 0 Å². The number of nitro benzene ring substituents is 1. The predicted octanol–water partition coefficient (Wildman–Crippen LogP) is -3.02. The number of nitrogens with zero attached hydrogens (tertiary/aromatic N) is 1. The van der Waals surface area contributed by atoms with E-state index in [0.29, 0.717) is 0 Å². The molecule has 0 saturated carbocycles. The molecule has 2 N–H and O–H groups in total. The zero-order valence-electron chi connectivity index (χ0n) is 8.26. The normalized spacial score (nSPS) is 9.00. The van der Waals surface area contributed by atoms with Crippen LogP contribution < -0.4 is 56.5 Å². The van der Waals surface area contributed by atoms with Gasteiger partial charge in [-0.2, -0.15) is 0 Å². The van der Waals surface area contributed by atoms with Gasteiger partial charge in [0.1, 0.15) is 0 Å². The van der Waals surface area contributed by atoms with Gasteiger partial charge >= 0.3 is 57.4 Å². The van der Waals surface area contributed by atoms with Crippen LogP contribution in [0.15, 0.2) is 18.2 Å². The third kappa shape index (κ3) is 3.09. The Morgan fingerprint density at radius 2 is 2.00 bits per heavy atom. The fourth-order valence-corrected chi connectivity index (χ4v) is 1.11. The Bertz CT molecular complexity index is 427. The third-order valence-electron chi connectivity index (χ3n) is 1.70. The maximum Gasteiger partial charge on any atom is 1.00 e. The average molecular weight is 248 g/mol. The number of hydrogen-bond acceptors (Lipinski definition) is 5. The first-order valence-electron chi connectivity index (χ1n) is 3.71. The van der Waals surface area contributed by atoms with Crippen LogP contribution in [0.1, 0.15) is 15.9 Å². The topological polar surface area (TPSA) is 127 Å². The Labute approximate surface area is 132 Å². The van der Waals surface area contributed by atoms with E-state index < -0.39 is 33.6 Å². The van der Waals surface area contributed by atoms with Crippen molar-refractivity contribution < 1.29 is 71.3 Å². The summed E-state index contributed by atoms with van der Waals surface area (Å²) < 4.78 is 0. The van der Waals surface area contributed by atoms with E-state index in [1.165, 1.54) is 0 Å². The average Bonchev–Trinajstić information content (AvgIpc) is 2.16. The van der Waals surface area contributed by atoms with Crippen LogP contribution in [0.3, 0.4) is 0 Å². The zero-order valence-corrected chi connectivity index (χ0v) is 11.4. The maximum absolute atomic E-state index is 10.8. The summed E-state index contributed by atoms with van der Waals surface area (Å²) in [5, 5.41) is 36.7.